The summed E-state index contributed by atoms with van der Waals surface area (Å²) in [4.78, 5) is 35.8. The predicted molar refractivity (Wildman–Crippen MR) is 155 cm³/mol. The minimum atomic E-state index is -0.948. The Balaban J connectivity index is 1.34. The number of primary amides is 1. The fourth-order valence-electron chi connectivity index (χ4n) is 4.96. The third kappa shape index (κ3) is 5.22. The molecule has 0 fully saturated rings. The number of carboxylic acids is 1. The highest BCUT2D eigenvalue weighted by Crippen LogP contribution is 2.29. The molecule has 4 aromatic carbocycles. The van der Waals surface area contributed by atoms with E-state index in [1.165, 1.54) is 0 Å². The van der Waals surface area contributed by atoms with E-state index < -0.39 is 11.9 Å². The van der Waals surface area contributed by atoms with Crippen LogP contribution in [0, 0.1) is 13.8 Å². The van der Waals surface area contributed by atoms with Gasteiger partial charge in [-0.3, -0.25) is 9.59 Å². The number of benzene rings is 4. The number of nitrogens with two attached hydrogens (primary N) is 1. The van der Waals surface area contributed by atoms with Gasteiger partial charge in [0.2, 0.25) is 5.91 Å². The number of fused-ring (bicyclic) bond motifs is 1. The van der Waals surface area contributed by atoms with Gasteiger partial charge in [-0.05, 0) is 78.1 Å². The first-order chi connectivity index (χ1) is 19.2. The second kappa shape index (κ2) is 10.9. The minimum absolute atomic E-state index is 0.178. The summed E-state index contributed by atoms with van der Waals surface area (Å²) in [5, 5.41) is 13.5. The van der Waals surface area contributed by atoms with Crippen molar-refractivity contribution in [1.82, 2.24) is 9.88 Å². The quantitative estimate of drug-likeness (QED) is 0.238. The number of carbonyl (C=O) groups is 3. The zero-order chi connectivity index (χ0) is 28.4. The third-order valence-corrected chi connectivity index (χ3v) is 7.36. The molecule has 7 nitrogen and oxygen atoms in total. The molecular weight excluding hydrogens is 502 g/mol. The number of carbonyl (C=O) groups excluding carboxylic acids is 2. The fraction of sp³-hybridized carbons (Fsp3) is 0.121. The van der Waals surface area contributed by atoms with E-state index in [1.807, 2.05) is 54.6 Å². The van der Waals surface area contributed by atoms with Crippen LogP contribution < -0.4 is 11.1 Å². The summed E-state index contributed by atoms with van der Waals surface area (Å²) in [5.74, 6) is -1.61. The predicted octanol–water partition coefficient (Wildman–Crippen LogP) is 5.70. The van der Waals surface area contributed by atoms with Crippen molar-refractivity contribution in [2.45, 2.75) is 26.9 Å². The number of carboxylic acid groups (broad SMARTS) is 1. The molecule has 0 aliphatic rings. The van der Waals surface area contributed by atoms with Gasteiger partial charge < -0.3 is 20.7 Å². The summed E-state index contributed by atoms with van der Waals surface area (Å²) in [6, 6.07) is 27.5. The second-order valence-corrected chi connectivity index (χ2v) is 9.82. The maximum atomic E-state index is 12.9. The van der Waals surface area contributed by atoms with Gasteiger partial charge in [-0.25, -0.2) is 4.79 Å². The SMILES string of the molecule is Cc1c(C)n(Cc2ccc(-c3ccccc3C(=O)O)cc2)c2ccc(C(=O)NCc3ccc(C(N)=O)cc3)cc12. The molecule has 7 heteroatoms. The Labute approximate surface area is 231 Å². The van der Waals surface area contributed by atoms with Crippen LogP contribution in [0.5, 0.6) is 0 Å². The van der Waals surface area contributed by atoms with Gasteiger partial charge in [0.15, 0.2) is 0 Å². The molecule has 0 bridgehead atoms. The van der Waals surface area contributed by atoms with Crippen LogP contribution in [0.3, 0.4) is 0 Å². The smallest absolute Gasteiger partial charge is 0.336 e. The molecule has 0 aliphatic carbocycles. The van der Waals surface area contributed by atoms with Crippen LogP contribution in [0.4, 0.5) is 0 Å². The first-order valence-corrected chi connectivity index (χ1v) is 12.9. The van der Waals surface area contributed by atoms with Gasteiger partial charge in [-0.1, -0.05) is 54.6 Å². The van der Waals surface area contributed by atoms with Crippen LogP contribution in [-0.4, -0.2) is 27.5 Å². The maximum absolute atomic E-state index is 12.9. The average molecular weight is 532 g/mol. The van der Waals surface area contributed by atoms with Crippen molar-refractivity contribution in [1.29, 1.82) is 0 Å². The number of aromatic carboxylic acids is 1. The summed E-state index contributed by atoms with van der Waals surface area (Å²) in [6.07, 6.45) is 0. The Kier molecular flexibility index (Phi) is 7.21. The molecule has 5 rings (SSSR count). The Hall–Kier alpha value is -5.17. The highest BCUT2D eigenvalue weighted by molar-refractivity contribution is 5.99. The summed E-state index contributed by atoms with van der Waals surface area (Å²) in [6.45, 7) is 5.11. The van der Waals surface area contributed by atoms with Crippen molar-refractivity contribution in [2.75, 3.05) is 0 Å². The molecule has 0 aliphatic heterocycles. The lowest BCUT2D eigenvalue weighted by Crippen LogP contribution is -2.22. The van der Waals surface area contributed by atoms with E-state index in [1.54, 1.807) is 36.4 Å². The van der Waals surface area contributed by atoms with Gasteiger partial charge in [0.25, 0.3) is 5.91 Å². The molecule has 0 atom stereocenters. The zero-order valence-corrected chi connectivity index (χ0v) is 22.3. The highest BCUT2D eigenvalue weighted by atomic mass is 16.4. The number of nitrogens with zero attached hydrogens (tertiary/aromatic N) is 1. The van der Waals surface area contributed by atoms with Gasteiger partial charge in [0.05, 0.1) is 5.56 Å². The molecule has 200 valence electrons. The summed E-state index contributed by atoms with van der Waals surface area (Å²) in [7, 11) is 0. The Morgan fingerprint density at radius 1 is 0.825 bits per heavy atom. The molecule has 40 heavy (non-hydrogen) atoms. The summed E-state index contributed by atoms with van der Waals surface area (Å²) < 4.78 is 2.23. The van der Waals surface area contributed by atoms with Crippen LogP contribution in [-0.2, 0) is 13.1 Å². The molecule has 1 heterocycles. The average Bonchev–Trinajstić information content (AvgIpc) is 3.20. The maximum Gasteiger partial charge on any atom is 0.336 e. The first-order valence-electron chi connectivity index (χ1n) is 12.9. The fourth-order valence-corrected chi connectivity index (χ4v) is 4.96. The number of aromatic nitrogens is 1. The molecule has 0 radical (unpaired) electrons. The normalized spacial score (nSPS) is 10.9. The van der Waals surface area contributed by atoms with Crippen LogP contribution in [0.15, 0.2) is 91.0 Å². The molecular formula is C33H29N3O4. The summed E-state index contributed by atoms with van der Waals surface area (Å²) >= 11 is 0. The van der Waals surface area contributed by atoms with Gasteiger partial charge in [-0.15, -0.1) is 0 Å². The topological polar surface area (TPSA) is 114 Å². The van der Waals surface area contributed by atoms with Crippen molar-refractivity contribution < 1.29 is 19.5 Å². The van der Waals surface area contributed by atoms with Crippen LogP contribution in [0.25, 0.3) is 22.0 Å². The van der Waals surface area contributed by atoms with E-state index in [4.69, 9.17) is 5.73 Å². The lowest BCUT2D eigenvalue weighted by molar-refractivity contribution is 0.0697. The summed E-state index contributed by atoms with van der Waals surface area (Å²) in [5.41, 5.74) is 13.3. The van der Waals surface area contributed by atoms with Crippen molar-refractivity contribution in [3.63, 3.8) is 0 Å². The lowest BCUT2D eigenvalue weighted by atomic mass is 9.99. The van der Waals surface area contributed by atoms with Crippen LogP contribution >= 0.6 is 0 Å². The molecule has 1 aromatic heterocycles. The van der Waals surface area contributed by atoms with Crippen molar-refractivity contribution in [3.8, 4) is 11.1 Å². The van der Waals surface area contributed by atoms with E-state index in [2.05, 4.69) is 23.7 Å². The number of hydrogen-bond donors (Lipinski definition) is 3. The lowest BCUT2D eigenvalue weighted by Gasteiger charge is -2.11. The monoisotopic (exact) mass is 531 g/mol. The van der Waals surface area contributed by atoms with Crippen LogP contribution in [0.2, 0.25) is 0 Å². The Morgan fingerprint density at radius 2 is 1.48 bits per heavy atom. The van der Waals surface area contributed by atoms with Crippen molar-refractivity contribution >= 4 is 28.7 Å². The Bertz CT molecular complexity index is 1750. The first kappa shape index (κ1) is 26.4. The third-order valence-electron chi connectivity index (χ3n) is 7.36. The van der Waals surface area contributed by atoms with E-state index >= 15 is 0 Å². The van der Waals surface area contributed by atoms with Crippen LogP contribution in [0.1, 0.15) is 53.5 Å². The molecule has 0 saturated heterocycles. The zero-order valence-electron chi connectivity index (χ0n) is 22.3. The molecule has 0 unspecified atom stereocenters. The molecule has 2 amide bonds. The highest BCUT2D eigenvalue weighted by Gasteiger charge is 2.15. The minimum Gasteiger partial charge on any atom is -0.478 e. The number of nitrogens with one attached hydrogen (secondary N) is 1. The molecule has 5 aromatic rings. The van der Waals surface area contributed by atoms with Gasteiger partial charge >= 0.3 is 5.97 Å². The number of aryl methyl sites for hydroxylation is 1. The number of amides is 2. The van der Waals surface area contributed by atoms with E-state index in [9.17, 15) is 19.5 Å². The molecule has 0 spiro atoms. The van der Waals surface area contributed by atoms with Gasteiger partial charge in [0.1, 0.15) is 0 Å². The molecule has 4 N–H and O–H groups in total. The van der Waals surface area contributed by atoms with E-state index in [0.717, 1.165) is 38.9 Å². The van der Waals surface area contributed by atoms with E-state index in [-0.39, 0.29) is 11.5 Å². The second-order valence-electron chi connectivity index (χ2n) is 9.82. The Morgan fingerprint density at radius 3 is 2.15 bits per heavy atom. The number of hydrogen-bond acceptors (Lipinski definition) is 3. The standard InChI is InChI=1S/C33H29N3O4/c1-20-21(2)36(19-23-9-11-24(12-10-23)27-5-3-4-6-28(27)33(39)40)30-16-15-26(17-29(20)30)32(38)35-18-22-7-13-25(14-8-22)31(34)37/h3-17H,18-19H2,1-2H3,(H2,34,37)(H,35,38)(H,39,40). The van der Waals surface area contributed by atoms with Gasteiger partial charge in [-0.2, -0.15) is 0 Å². The van der Waals surface area contributed by atoms with E-state index in [0.29, 0.717) is 29.8 Å². The molecule has 0 saturated carbocycles. The van der Waals surface area contributed by atoms with Crippen molar-refractivity contribution in [2.24, 2.45) is 5.73 Å². The number of rotatable bonds is 8. The largest absolute Gasteiger partial charge is 0.478 e. The van der Waals surface area contributed by atoms with Gasteiger partial charge in [0, 0.05) is 40.8 Å². The van der Waals surface area contributed by atoms with Crippen molar-refractivity contribution in [3.05, 3.63) is 130 Å².